The van der Waals surface area contributed by atoms with Gasteiger partial charge in [-0.25, -0.2) is 0 Å². The Labute approximate surface area is 170 Å². The van der Waals surface area contributed by atoms with Gasteiger partial charge in [0.1, 0.15) is 5.58 Å². The number of hydrogen-bond acceptors (Lipinski definition) is 4. The van der Waals surface area contributed by atoms with Gasteiger partial charge in [-0.1, -0.05) is 24.6 Å². The van der Waals surface area contributed by atoms with Gasteiger partial charge < -0.3 is 9.73 Å². The Bertz CT molecular complexity index is 968. The maximum Gasteiger partial charge on any atom is 0.287 e. The van der Waals surface area contributed by atoms with Crippen molar-refractivity contribution in [3.63, 3.8) is 0 Å². The van der Waals surface area contributed by atoms with E-state index in [1.807, 2.05) is 13.8 Å². The van der Waals surface area contributed by atoms with Gasteiger partial charge in [0.05, 0.1) is 6.04 Å². The Morgan fingerprint density at radius 2 is 1.93 bits per heavy atom. The average molecular weight is 397 g/mol. The molecule has 0 aliphatic carbocycles. The van der Waals surface area contributed by atoms with Crippen LogP contribution >= 0.6 is 11.3 Å². The minimum atomic E-state index is -0.121. The molecule has 5 heteroatoms. The molecule has 1 aromatic carbocycles. The lowest BCUT2D eigenvalue weighted by molar-refractivity contribution is 0.0899. The highest BCUT2D eigenvalue weighted by molar-refractivity contribution is 7.10. The van der Waals surface area contributed by atoms with E-state index in [0.717, 1.165) is 35.2 Å². The molecule has 148 valence electrons. The molecule has 2 aromatic heterocycles. The van der Waals surface area contributed by atoms with Crippen LogP contribution in [0.2, 0.25) is 0 Å². The van der Waals surface area contributed by atoms with Gasteiger partial charge in [0.25, 0.3) is 5.91 Å². The van der Waals surface area contributed by atoms with Crippen molar-refractivity contribution in [3.8, 4) is 0 Å². The summed E-state index contributed by atoms with van der Waals surface area (Å²) in [4.78, 5) is 16.8. The summed E-state index contributed by atoms with van der Waals surface area (Å²) in [5, 5.41) is 6.29. The van der Waals surface area contributed by atoms with Crippen molar-refractivity contribution >= 4 is 28.2 Å². The first-order valence-electron chi connectivity index (χ1n) is 10.1. The SMILES string of the molecule is Cc1ccc2c(C)c(C(=O)NCC(c3cccs3)N3CCCCC3)oc2c1C. The smallest absolute Gasteiger partial charge is 0.287 e. The van der Waals surface area contributed by atoms with Gasteiger partial charge in [-0.2, -0.15) is 0 Å². The van der Waals surface area contributed by atoms with Gasteiger partial charge in [-0.05, 0) is 69.3 Å². The number of hydrogen-bond donors (Lipinski definition) is 1. The molecule has 1 aliphatic heterocycles. The van der Waals surface area contributed by atoms with Gasteiger partial charge in [0, 0.05) is 22.4 Å². The molecule has 4 nitrogen and oxygen atoms in total. The van der Waals surface area contributed by atoms with Gasteiger partial charge in [-0.3, -0.25) is 9.69 Å². The number of rotatable bonds is 5. The van der Waals surface area contributed by atoms with Crippen LogP contribution in [0.15, 0.2) is 34.1 Å². The number of furan rings is 1. The summed E-state index contributed by atoms with van der Waals surface area (Å²) < 4.78 is 6.02. The van der Waals surface area contributed by atoms with Crippen molar-refractivity contribution in [2.75, 3.05) is 19.6 Å². The number of benzene rings is 1. The number of nitrogens with one attached hydrogen (secondary N) is 1. The molecule has 0 spiro atoms. The largest absolute Gasteiger partial charge is 0.450 e. The highest BCUT2D eigenvalue weighted by atomic mass is 32.1. The van der Waals surface area contributed by atoms with Crippen molar-refractivity contribution in [3.05, 3.63) is 57.0 Å². The molecule has 28 heavy (non-hydrogen) atoms. The molecule has 4 rings (SSSR count). The summed E-state index contributed by atoms with van der Waals surface area (Å²) in [5.74, 6) is 0.316. The second kappa shape index (κ2) is 8.10. The number of likely N-dealkylation sites (tertiary alicyclic amines) is 1. The Morgan fingerprint density at radius 1 is 1.14 bits per heavy atom. The van der Waals surface area contributed by atoms with Crippen molar-refractivity contribution in [2.45, 2.75) is 46.1 Å². The van der Waals surface area contributed by atoms with Crippen molar-refractivity contribution in [1.82, 2.24) is 10.2 Å². The van der Waals surface area contributed by atoms with Crippen LogP contribution in [0.1, 0.15) is 57.4 Å². The average Bonchev–Trinajstić information content (AvgIpc) is 3.35. The van der Waals surface area contributed by atoms with E-state index in [9.17, 15) is 4.79 Å². The van der Waals surface area contributed by atoms with Gasteiger partial charge >= 0.3 is 0 Å². The van der Waals surface area contributed by atoms with Crippen LogP contribution in [0.4, 0.5) is 0 Å². The number of aryl methyl sites for hydroxylation is 3. The lowest BCUT2D eigenvalue weighted by Crippen LogP contribution is -2.40. The summed E-state index contributed by atoms with van der Waals surface area (Å²) in [6.45, 7) is 8.88. The van der Waals surface area contributed by atoms with E-state index < -0.39 is 0 Å². The molecule has 0 saturated carbocycles. The fourth-order valence-corrected chi connectivity index (χ4v) is 4.99. The van der Waals surface area contributed by atoms with E-state index in [4.69, 9.17) is 4.42 Å². The third kappa shape index (κ3) is 3.61. The van der Waals surface area contributed by atoms with Crippen molar-refractivity contribution < 1.29 is 9.21 Å². The predicted molar refractivity (Wildman–Crippen MR) is 115 cm³/mol. The zero-order chi connectivity index (χ0) is 19.7. The molecule has 0 bridgehead atoms. The molecule has 3 aromatic rings. The van der Waals surface area contributed by atoms with Crippen LogP contribution in [0.25, 0.3) is 11.0 Å². The first kappa shape index (κ1) is 19.2. The monoisotopic (exact) mass is 396 g/mol. The van der Waals surface area contributed by atoms with E-state index in [-0.39, 0.29) is 11.9 Å². The minimum absolute atomic E-state index is 0.121. The normalized spacial score (nSPS) is 16.4. The van der Waals surface area contributed by atoms with E-state index >= 15 is 0 Å². The number of piperidine rings is 1. The van der Waals surface area contributed by atoms with Crippen LogP contribution in [-0.2, 0) is 0 Å². The van der Waals surface area contributed by atoms with E-state index in [1.54, 1.807) is 11.3 Å². The van der Waals surface area contributed by atoms with Gasteiger partial charge in [0.2, 0.25) is 0 Å². The van der Waals surface area contributed by atoms with E-state index in [1.165, 1.54) is 29.7 Å². The molecule has 1 aliphatic rings. The van der Waals surface area contributed by atoms with Crippen LogP contribution in [0.3, 0.4) is 0 Å². The lowest BCUT2D eigenvalue weighted by atomic mass is 10.0. The number of amides is 1. The zero-order valence-corrected chi connectivity index (χ0v) is 17.7. The zero-order valence-electron chi connectivity index (χ0n) is 16.9. The third-order valence-corrected chi connectivity index (χ3v) is 6.96. The number of carbonyl (C=O) groups is 1. The minimum Gasteiger partial charge on any atom is -0.450 e. The molecule has 0 radical (unpaired) electrons. The summed E-state index contributed by atoms with van der Waals surface area (Å²) in [6, 6.07) is 8.64. The van der Waals surface area contributed by atoms with Crippen LogP contribution in [0.5, 0.6) is 0 Å². The first-order chi connectivity index (χ1) is 13.6. The maximum absolute atomic E-state index is 13.0. The van der Waals surface area contributed by atoms with Gasteiger partial charge in [0.15, 0.2) is 5.76 Å². The summed E-state index contributed by atoms with van der Waals surface area (Å²) >= 11 is 1.77. The fraction of sp³-hybridized carbons (Fsp3) is 0.435. The topological polar surface area (TPSA) is 45.5 Å². The van der Waals surface area contributed by atoms with E-state index in [2.05, 4.69) is 46.8 Å². The molecule has 1 atom stereocenters. The summed E-state index contributed by atoms with van der Waals surface area (Å²) in [7, 11) is 0. The van der Waals surface area contributed by atoms with Gasteiger partial charge in [-0.15, -0.1) is 11.3 Å². The molecule has 1 saturated heterocycles. The highest BCUT2D eigenvalue weighted by Gasteiger charge is 2.25. The number of carbonyl (C=O) groups excluding carboxylic acids is 1. The quantitative estimate of drug-likeness (QED) is 0.630. The number of fused-ring (bicyclic) bond motifs is 1. The fourth-order valence-electron chi connectivity index (χ4n) is 4.12. The maximum atomic E-state index is 13.0. The number of thiophene rings is 1. The van der Waals surface area contributed by atoms with E-state index in [0.29, 0.717) is 12.3 Å². The molecule has 1 fully saturated rings. The standard InChI is InChI=1S/C23H28N2O2S/c1-15-9-10-18-17(3)22(27-21(18)16(15)2)23(26)24-14-19(20-8-7-13-28-20)25-11-5-4-6-12-25/h7-10,13,19H,4-6,11-12,14H2,1-3H3,(H,24,26). The van der Waals surface area contributed by atoms with Crippen LogP contribution in [0, 0.1) is 20.8 Å². The van der Waals surface area contributed by atoms with Crippen LogP contribution < -0.4 is 5.32 Å². The Kier molecular flexibility index (Phi) is 5.56. The summed E-state index contributed by atoms with van der Waals surface area (Å²) in [5.41, 5.74) is 4.02. The van der Waals surface area contributed by atoms with Crippen LogP contribution in [-0.4, -0.2) is 30.4 Å². The highest BCUT2D eigenvalue weighted by Crippen LogP contribution is 2.30. The molecule has 1 amide bonds. The lowest BCUT2D eigenvalue weighted by Gasteiger charge is -2.34. The summed E-state index contributed by atoms with van der Waals surface area (Å²) in [6.07, 6.45) is 3.77. The first-order valence-corrected chi connectivity index (χ1v) is 11.0. The molecule has 3 heterocycles. The second-order valence-electron chi connectivity index (χ2n) is 7.78. The molecule has 1 N–H and O–H groups in total. The van der Waals surface area contributed by atoms with Crippen molar-refractivity contribution in [1.29, 1.82) is 0 Å². The second-order valence-corrected chi connectivity index (χ2v) is 8.76. The van der Waals surface area contributed by atoms with Crippen molar-refractivity contribution in [2.24, 2.45) is 0 Å². The predicted octanol–water partition coefficient (Wildman–Crippen LogP) is 5.38. The molecular formula is C23H28N2O2S. The Morgan fingerprint density at radius 3 is 2.64 bits per heavy atom. The molecular weight excluding hydrogens is 368 g/mol. The Hall–Kier alpha value is -2.11. The molecule has 1 unspecified atom stereocenters. The third-order valence-electron chi connectivity index (χ3n) is 5.99. The Balaban J connectivity index is 1.55. The number of nitrogens with zero attached hydrogens (tertiary/aromatic N) is 1.